The van der Waals surface area contributed by atoms with Gasteiger partial charge >= 0.3 is 51.4 Å². The number of hydrogen-bond donors (Lipinski definition) is 0. The van der Waals surface area contributed by atoms with Gasteiger partial charge in [0.1, 0.15) is 0 Å². The zero-order valence-electron chi connectivity index (χ0n) is 20.4. The molecule has 2 aliphatic rings. The van der Waals surface area contributed by atoms with Crippen LogP contribution in [0.1, 0.15) is 80.0 Å². The zero-order chi connectivity index (χ0) is 25.6. The average molecular weight is 711 g/mol. The molecule has 0 aromatic heterocycles. The van der Waals surface area contributed by atoms with Crippen LogP contribution in [0.5, 0.6) is 0 Å². The maximum absolute atomic E-state index is 12.0. The summed E-state index contributed by atoms with van der Waals surface area (Å²) in [5, 5.41) is 6.55. The summed E-state index contributed by atoms with van der Waals surface area (Å²) in [4.78, 5) is 47.1. The van der Waals surface area contributed by atoms with Gasteiger partial charge in [-0.2, -0.15) is 0 Å². The summed E-state index contributed by atoms with van der Waals surface area (Å²) in [6.45, 7) is 0.527. The molecule has 2 aromatic rings. The molecule has 0 saturated heterocycles. The van der Waals surface area contributed by atoms with Crippen molar-refractivity contribution < 1.29 is 70.6 Å². The Kier molecular flexibility index (Phi) is 17.8. The van der Waals surface area contributed by atoms with E-state index >= 15 is 0 Å². The molecular weight excluding hydrogens is 683 g/mol. The number of unbranched alkanes of at least 4 members (excludes halogenated alkanes) is 4. The van der Waals surface area contributed by atoms with Crippen molar-refractivity contribution in [1.82, 2.24) is 4.90 Å². The van der Waals surface area contributed by atoms with Crippen LogP contribution in [0.3, 0.4) is 0 Å². The first-order chi connectivity index (χ1) is 17.0. The maximum atomic E-state index is 12.0. The Labute approximate surface area is 280 Å². The third-order valence-corrected chi connectivity index (χ3v) is 6.93. The molecule has 0 aliphatic carbocycles. The van der Waals surface area contributed by atoms with Crippen LogP contribution in [0.25, 0.3) is 5.32 Å². The van der Waals surface area contributed by atoms with E-state index in [9.17, 15) is 19.2 Å². The Morgan fingerprint density at radius 3 is 1.31 bits per heavy atom. The van der Waals surface area contributed by atoms with E-state index < -0.39 is 11.8 Å². The molecule has 10 heteroatoms. The standard InChI is InChI=1S/C13H14BrNO2.C8H5NO2.C5H10Br2.K/c14-8-4-1-5-9-15-12(16)10-6-2-3-7-11(10)13(15)17;10-7-5-3-1-2-4-6(5)8(11)9-7;6-4-2-1-3-5-7;/h2-3,6-7H,1,4-5,8-9H2;1-4H,(H,9,10,11);1-5H2;/q;;;+1/p-1. The molecule has 6 nitrogen and oxygen atoms in total. The van der Waals surface area contributed by atoms with E-state index in [1.54, 1.807) is 48.5 Å². The predicted octanol–water partition coefficient (Wildman–Crippen LogP) is 4.15. The van der Waals surface area contributed by atoms with Crippen molar-refractivity contribution in [1.29, 1.82) is 0 Å². The maximum Gasteiger partial charge on any atom is 1.00 e. The predicted molar refractivity (Wildman–Crippen MR) is 149 cm³/mol. The molecule has 0 radical (unpaired) electrons. The second-order valence-electron chi connectivity index (χ2n) is 7.76. The second kappa shape index (κ2) is 19.0. The fraction of sp³-hybridized carbons (Fsp3) is 0.385. The number of hydrogen-bond acceptors (Lipinski definition) is 4. The van der Waals surface area contributed by atoms with Gasteiger partial charge in [-0.05, 0) is 37.8 Å². The number of fused-ring (bicyclic) bond motifs is 2. The minimum Gasteiger partial charge on any atom is -0.587 e. The van der Waals surface area contributed by atoms with Crippen LogP contribution in [-0.4, -0.2) is 51.1 Å². The molecule has 0 bridgehead atoms. The van der Waals surface area contributed by atoms with Gasteiger partial charge in [-0.25, -0.2) is 0 Å². The number of halogens is 3. The van der Waals surface area contributed by atoms with Crippen LogP contribution in [0.2, 0.25) is 0 Å². The molecular formula is C26H28Br3KN2O4. The summed E-state index contributed by atoms with van der Waals surface area (Å²) in [5.41, 5.74) is 1.91. The summed E-state index contributed by atoms with van der Waals surface area (Å²) in [5.74, 6) is -1.15. The summed E-state index contributed by atoms with van der Waals surface area (Å²) >= 11 is 10.1. The minimum absolute atomic E-state index is 0. The van der Waals surface area contributed by atoms with E-state index in [4.69, 9.17) is 0 Å². The molecule has 188 valence electrons. The molecule has 0 N–H and O–H groups in total. The van der Waals surface area contributed by atoms with Gasteiger partial charge in [0.05, 0.1) is 22.9 Å². The molecule has 0 fully saturated rings. The Morgan fingerprint density at radius 1 is 0.556 bits per heavy atom. The average Bonchev–Trinajstić information content (AvgIpc) is 3.30. The zero-order valence-corrected chi connectivity index (χ0v) is 28.2. The minimum atomic E-state index is -0.425. The number of imide groups is 2. The quantitative estimate of drug-likeness (QED) is 0.170. The van der Waals surface area contributed by atoms with Crippen molar-refractivity contribution >= 4 is 71.4 Å². The first-order valence-electron chi connectivity index (χ1n) is 11.5. The Hall–Kier alpha value is -0.204. The van der Waals surface area contributed by atoms with Gasteiger partial charge in [0.15, 0.2) is 0 Å². The van der Waals surface area contributed by atoms with Crippen LogP contribution in [0.4, 0.5) is 0 Å². The summed E-state index contributed by atoms with van der Waals surface area (Å²) < 4.78 is 0. The van der Waals surface area contributed by atoms with Gasteiger partial charge < -0.3 is 14.9 Å². The van der Waals surface area contributed by atoms with Crippen LogP contribution in [0, 0.1) is 0 Å². The molecule has 36 heavy (non-hydrogen) atoms. The Balaban J connectivity index is 0.000000294. The van der Waals surface area contributed by atoms with Crippen molar-refractivity contribution in [2.45, 2.75) is 38.5 Å². The summed E-state index contributed by atoms with van der Waals surface area (Å²) in [6, 6.07) is 13.6. The largest absolute Gasteiger partial charge is 1.00 e. The van der Waals surface area contributed by atoms with Gasteiger partial charge in [-0.15, -0.1) is 0 Å². The second-order valence-corrected chi connectivity index (χ2v) is 10.1. The number of carbonyl (C=O) groups is 4. The topological polar surface area (TPSA) is 85.6 Å². The molecule has 0 saturated carbocycles. The summed E-state index contributed by atoms with van der Waals surface area (Å²) in [7, 11) is 0. The monoisotopic (exact) mass is 708 g/mol. The van der Waals surface area contributed by atoms with Crippen molar-refractivity contribution in [3.05, 3.63) is 76.1 Å². The molecule has 4 rings (SSSR count). The van der Waals surface area contributed by atoms with Crippen molar-refractivity contribution in [2.24, 2.45) is 0 Å². The number of rotatable bonds is 9. The number of amides is 4. The van der Waals surface area contributed by atoms with Crippen molar-refractivity contribution in [3.8, 4) is 0 Å². The van der Waals surface area contributed by atoms with E-state index in [-0.39, 0.29) is 63.2 Å². The van der Waals surface area contributed by atoms with E-state index in [1.165, 1.54) is 24.2 Å². The molecule has 4 amide bonds. The Bertz CT molecular complexity index is 964. The van der Waals surface area contributed by atoms with Crippen LogP contribution < -0.4 is 51.4 Å². The first kappa shape index (κ1) is 33.8. The van der Waals surface area contributed by atoms with Gasteiger partial charge in [0, 0.05) is 33.7 Å². The van der Waals surface area contributed by atoms with Crippen LogP contribution in [0.15, 0.2) is 48.5 Å². The molecule has 2 aromatic carbocycles. The number of alkyl halides is 3. The molecule has 0 atom stereocenters. The molecule has 2 heterocycles. The smallest absolute Gasteiger partial charge is 0.587 e. The van der Waals surface area contributed by atoms with E-state index in [1.807, 2.05) is 0 Å². The molecule has 0 unspecified atom stereocenters. The van der Waals surface area contributed by atoms with Gasteiger partial charge in [-0.3, -0.25) is 14.5 Å². The van der Waals surface area contributed by atoms with Gasteiger partial charge in [0.25, 0.3) is 11.8 Å². The summed E-state index contributed by atoms with van der Waals surface area (Å²) in [6.07, 6.45) is 6.94. The number of benzene rings is 2. The van der Waals surface area contributed by atoms with Crippen LogP contribution in [-0.2, 0) is 0 Å². The third kappa shape index (κ3) is 10.2. The van der Waals surface area contributed by atoms with Gasteiger partial charge in [-0.1, -0.05) is 97.0 Å². The van der Waals surface area contributed by atoms with Crippen LogP contribution >= 0.6 is 47.8 Å². The van der Waals surface area contributed by atoms with Crippen molar-refractivity contribution in [3.63, 3.8) is 0 Å². The SMILES string of the molecule is BrCCCCCBr.O=C1[N-]C(=O)c2ccccc21.O=C1c2ccccc2C(=O)N1CCCCCBr.[K+]. The first-order valence-corrected chi connectivity index (χ1v) is 14.8. The number of nitrogens with zero attached hydrogens (tertiary/aromatic N) is 2. The molecule has 2 aliphatic heterocycles. The van der Waals surface area contributed by atoms with E-state index in [0.29, 0.717) is 28.8 Å². The Morgan fingerprint density at radius 2 is 0.917 bits per heavy atom. The van der Waals surface area contributed by atoms with Gasteiger partial charge in [0.2, 0.25) is 0 Å². The normalized spacial score (nSPS) is 13.0. The fourth-order valence-corrected chi connectivity index (χ4v) is 4.61. The third-order valence-electron chi connectivity index (χ3n) is 5.25. The van der Waals surface area contributed by atoms with Crippen molar-refractivity contribution in [2.75, 3.05) is 22.5 Å². The van der Waals surface area contributed by atoms with E-state index in [2.05, 4.69) is 53.1 Å². The fourth-order valence-electron chi connectivity index (χ4n) is 3.42. The van der Waals surface area contributed by atoms with E-state index in [0.717, 1.165) is 35.3 Å². The molecule has 0 spiro atoms. The number of carbonyl (C=O) groups excluding carboxylic acids is 4.